The van der Waals surface area contributed by atoms with Gasteiger partial charge in [0.2, 0.25) is 0 Å². The van der Waals surface area contributed by atoms with Crippen molar-refractivity contribution in [2.75, 3.05) is 25.5 Å². The van der Waals surface area contributed by atoms with E-state index in [0.29, 0.717) is 6.04 Å². The Balaban J connectivity index is 1.59. The minimum absolute atomic E-state index is 0.220. The number of nitrogens with one attached hydrogen (secondary N) is 1. The van der Waals surface area contributed by atoms with Gasteiger partial charge in [0.05, 0.1) is 12.1 Å². The second-order valence-corrected chi connectivity index (χ2v) is 5.90. The highest BCUT2D eigenvalue weighted by Gasteiger charge is 2.29. The molecule has 3 nitrogen and oxygen atoms in total. The molecule has 2 atom stereocenters. The molecule has 1 N–H and O–H groups in total. The van der Waals surface area contributed by atoms with Crippen molar-refractivity contribution in [2.24, 2.45) is 0 Å². The molecule has 3 rings (SSSR count). The first-order valence-electron chi connectivity index (χ1n) is 7.96. The van der Waals surface area contributed by atoms with Crippen molar-refractivity contribution in [1.29, 1.82) is 0 Å². The minimum atomic E-state index is 0.220. The number of para-hydroxylation sites is 1. The monoisotopic (exact) mass is 296 g/mol. The lowest BCUT2D eigenvalue weighted by Crippen LogP contribution is -2.50. The normalized spacial score (nSPS) is 22.4. The summed E-state index contributed by atoms with van der Waals surface area (Å²) in [6, 6.07) is 21.4. The van der Waals surface area contributed by atoms with Gasteiger partial charge in [-0.15, -0.1) is 0 Å². The van der Waals surface area contributed by atoms with Crippen LogP contribution in [0.25, 0.3) is 0 Å². The van der Waals surface area contributed by atoms with E-state index in [4.69, 9.17) is 4.74 Å². The summed E-state index contributed by atoms with van der Waals surface area (Å²) in [4.78, 5) is 2.48. The van der Waals surface area contributed by atoms with Gasteiger partial charge in [0.1, 0.15) is 0 Å². The Morgan fingerprint density at radius 3 is 2.41 bits per heavy atom. The van der Waals surface area contributed by atoms with Crippen LogP contribution < -0.4 is 5.32 Å². The van der Waals surface area contributed by atoms with E-state index in [1.165, 1.54) is 11.3 Å². The van der Waals surface area contributed by atoms with Gasteiger partial charge in [-0.2, -0.15) is 0 Å². The van der Waals surface area contributed by atoms with E-state index < -0.39 is 0 Å². The Morgan fingerprint density at radius 2 is 1.73 bits per heavy atom. The molecule has 2 aromatic carbocycles. The number of benzene rings is 2. The minimum Gasteiger partial charge on any atom is -0.380 e. The van der Waals surface area contributed by atoms with Gasteiger partial charge in [-0.25, -0.2) is 0 Å². The molecule has 1 heterocycles. The first-order valence-corrected chi connectivity index (χ1v) is 7.96. The average molecular weight is 296 g/mol. The van der Waals surface area contributed by atoms with Gasteiger partial charge in [-0.3, -0.25) is 4.90 Å². The van der Waals surface area contributed by atoms with Crippen LogP contribution in [0.2, 0.25) is 0 Å². The van der Waals surface area contributed by atoms with Crippen LogP contribution in [0.3, 0.4) is 0 Å². The molecule has 22 heavy (non-hydrogen) atoms. The lowest BCUT2D eigenvalue weighted by atomic mass is 10.0. The summed E-state index contributed by atoms with van der Waals surface area (Å²) < 4.78 is 5.74. The molecule has 116 valence electrons. The van der Waals surface area contributed by atoms with Crippen LogP contribution in [-0.4, -0.2) is 37.2 Å². The van der Waals surface area contributed by atoms with E-state index in [-0.39, 0.29) is 6.10 Å². The summed E-state index contributed by atoms with van der Waals surface area (Å²) in [6.45, 7) is 3.06. The van der Waals surface area contributed by atoms with Crippen LogP contribution in [0, 0.1) is 0 Å². The van der Waals surface area contributed by atoms with Crippen LogP contribution in [-0.2, 0) is 11.3 Å². The van der Waals surface area contributed by atoms with Gasteiger partial charge < -0.3 is 10.1 Å². The van der Waals surface area contributed by atoms with Crippen LogP contribution in [0.1, 0.15) is 12.0 Å². The summed E-state index contributed by atoms with van der Waals surface area (Å²) in [5, 5.41) is 3.61. The van der Waals surface area contributed by atoms with E-state index in [9.17, 15) is 0 Å². The molecule has 0 spiro atoms. The fourth-order valence-electron chi connectivity index (χ4n) is 3.12. The van der Waals surface area contributed by atoms with Crippen LogP contribution in [0.5, 0.6) is 0 Å². The van der Waals surface area contributed by atoms with Gasteiger partial charge in [0.15, 0.2) is 0 Å². The summed E-state index contributed by atoms with van der Waals surface area (Å²) in [5.74, 6) is 0. The van der Waals surface area contributed by atoms with Crippen molar-refractivity contribution in [3.63, 3.8) is 0 Å². The number of ether oxygens (including phenoxy) is 1. The van der Waals surface area contributed by atoms with Gasteiger partial charge in [0.25, 0.3) is 0 Å². The molecule has 0 amide bonds. The van der Waals surface area contributed by atoms with Crippen molar-refractivity contribution in [3.05, 3.63) is 66.2 Å². The third-order valence-corrected chi connectivity index (χ3v) is 4.32. The first kappa shape index (κ1) is 15.1. The second kappa shape index (κ2) is 7.43. The number of hydrogen-bond acceptors (Lipinski definition) is 3. The standard InChI is InChI=1S/C19H24N2O/c1-22-19-15-21(14-16-8-4-2-5-9-16)13-12-18(19)20-17-10-6-3-7-11-17/h2-11,18-20H,12-15H2,1H3/t18-,19+/m0/s1. The smallest absolute Gasteiger partial charge is 0.0899 e. The average Bonchev–Trinajstić information content (AvgIpc) is 2.58. The third-order valence-electron chi connectivity index (χ3n) is 4.32. The molecule has 0 aromatic heterocycles. The first-order chi connectivity index (χ1) is 10.8. The van der Waals surface area contributed by atoms with Crippen LogP contribution >= 0.6 is 0 Å². The number of nitrogens with zero attached hydrogens (tertiary/aromatic N) is 1. The van der Waals surface area contributed by atoms with E-state index in [2.05, 4.69) is 64.8 Å². The SMILES string of the molecule is CO[C@@H]1CN(Cc2ccccc2)CC[C@@H]1Nc1ccccc1. The van der Waals surface area contributed by atoms with E-state index in [1.54, 1.807) is 0 Å². The number of likely N-dealkylation sites (tertiary alicyclic amines) is 1. The molecular formula is C19H24N2O. The highest BCUT2D eigenvalue weighted by atomic mass is 16.5. The Hall–Kier alpha value is -1.84. The molecule has 0 radical (unpaired) electrons. The Labute approximate surface area is 132 Å². The molecule has 3 heteroatoms. The molecule has 1 fully saturated rings. The molecule has 0 saturated carbocycles. The Morgan fingerprint density at radius 1 is 1.05 bits per heavy atom. The molecule has 0 aliphatic carbocycles. The maximum absolute atomic E-state index is 5.74. The van der Waals surface area contributed by atoms with Crippen molar-refractivity contribution in [2.45, 2.75) is 25.1 Å². The summed E-state index contributed by atoms with van der Waals surface area (Å²) in [6.07, 6.45) is 1.32. The highest BCUT2D eigenvalue weighted by Crippen LogP contribution is 2.20. The molecule has 1 aliphatic heterocycles. The Bertz CT molecular complexity index is 558. The third kappa shape index (κ3) is 3.87. The fraction of sp³-hybridized carbons (Fsp3) is 0.368. The topological polar surface area (TPSA) is 24.5 Å². The Kier molecular flexibility index (Phi) is 5.09. The van der Waals surface area contributed by atoms with Gasteiger partial charge in [-0.05, 0) is 24.1 Å². The van der Waals surface area contributed by atoms with Crippen LogP contribution in [0.4, 0.5) is 5.69 Å². The predicted molar refractivity (Wildman–Crippen MR) is 91.0 cm³/mol. The van der Waals surface area contributed by atoms with Crippen LogP contribution in [0.15, 0.2) is 60.7 Å². The number of rotatable bonds is 5. The van der Waals surface area contributed by atoms with Crippen molar-refractivity contribution >= 4 is 5.69 Å². The molecule has 1 aliphatic rings. The lowest BCUT2D eigenvalue weighted by molar-refractivity contribution is 0.0194. The van der Waals surface area contributed by atoms with Gasteiger partial charge in [-0.1, -0.05) is 48.5 Å². The lowest BCUT2D eigenvalue weighted by Gasteiger charge is -2.38. The summed E-state index contributed by atoms with van der Waals surface area (Å²) >= 11 is 0. The summed E-state index contributed by atoms with van der Waals surface area (Å²) in [7, 11) is 1.82. The van der Waals surface area contributed by atoms with E-state index >= 15 is 0 Å². The van der Waals surface area contributed by atoms with Crippen molar-refractivity contribution in [3.8, 4) is 0 Å². The molecule has 1 saturated heterocycles. The summed E-state index contributed by atoms with van der Waals surface area (Å²) in [5.41, 5.74) is 2.54. The number of hydrogen-bond donors (Lipinski definition) is 1. The van der Waals surface area contributed by atoms with E-state index in [0.717, 1.165) is 26.1 Å². The zero-order valence-corrected chi connectivity index (χ0v) is 13.1. The van der Waals surface area contributed by atoms with E-state index in [1.807, 2.05) is 13.2 Å². The van der Waals surface area contributed by atoms with Gasteiger partial charge >= 0.3 is 0 Å². The number of methoxy groups -OCH3 is 1. The second-order valence-electron chi connectivity index (χ2n) is 5.90. The molecule has 0 unspecified atom stereocenters. The maximum Gasteiger partial charge on any atom is 0.0899 e. The zero-order valence-electron chi connectivity index (χ0n) is 13.1. The van der Waals surface area contributed by atoms with Crippen molar-refractivity contribution < 1.29 is 4.74 Å². The van der Waals surface area contributed by atoms with Crippen molar-refractivity contribution in [1.82, 2.24) is 4.90 Å². The number of anilines is 1. The largest absolute Gasteiger partial charge is 0.380 e. The predicted octanol–water partition coefficient (Wildman–Crippen LogP) is 3.39. The fourth-order valence-corrected chi connectivity index (χ4v) is 3.12. The maximum atomic E-state index is 5.74. The zero-order chi connectivity index (χ0) is 15.2. The quantitative estimate of drug-likeness (QED) is 0.915. The number of piperidine rings is 1. The molecule has 0 bridgehead atoms. The van der Waals surface area contributed by atoms with Gasteiger partial charge in [0, 0.05) is 32.4 Å². The highest BCUT2D eigenvalue weighted by molar-refractivity contribution is 5.43. The molecular weight excluding hydrogens is 272 g/mol. The molecule has 2 aromatic rings.